The third kappa shape index (κ3) is 2.85. The molecule has 1 saturated heterocycles. The van der Waals surface area contributed by atoms with Crippen molar-refractivity contribution >= 4 is 11.7 Å². The SMILES string of the molecule is Cc1cc(C)nc(NC(=O)C2CC3CCCCC3N2)c1. The normalized spacial score (nSPS) is 29.0. The molecule has 1 amide bonds. The highest BCUT2D eigenvalue weighted by molar-refractivity contribution is 5.94. The summed E-state index contributed by atoms with van der Waals surface area (Å²) >= 11 is 0. The van der Waals surface area contributed by atoms with E-state index < -0.39 is 0 Å². The van der Waals surface area contributed by atoms with Crippen molar-refractivity contribution < 1.29 is 4.79 Å². The van der Waals surface area contributed by atoms with Crippen molar-refractivity contribution in [2.45, 2.75) is 58.0 Å². The fourth-order valence-electron chi connectivity index (χ4n) is 3.64. The fourth-order valence-corrected chi connectivity index (χ4v) is 3.64. The smallest absolute Gasteiger partial charge is 0.242 e. The lowest BCUT2D eigenvalue weighted by Gasteiger charge is -2.24. The molecule has 2 N–H and O–H groups in total. The summed E-state index contributed by atoms with van der Waals surface area (Å²) < 4.78 is 0. The van der Waals surface area contributed by atoms with E-state index in [4.69, 9.17) is 0 Å². The van der Waals surface area contributed by atoms with E-state index >= 15 is 0 Å². The van der Waals surface area contributed by atoms with Crippen LogP contribution in [0.4, 0.5) is 5.82 Å². The van der Waals surface area contributed by atoms with Crippen molar-refractivity contribution in [3.63, 3.8) is 0 Å². The Morgan fingerprint density at radius 1 is 1.30 bits per heavy atom. The number of aromatic nitrogens is 1. The molecule has 1 aromatic rings. The highest BCUT2D eigenvalue weighted by atomic mass is 16.2. The highest BCUT2D eigenvalue weighted by Crippen LogP contribution is 2.33. The molecule has 3 atom stereocenters. The predicted octanol–water partition coefficient (Wildman–Crippen LogP) is 2.56. The molecule has 20 heavy (non-hydrogen) atoms. The molecular formula is C16H23N3O. The molecule has 2 aliphatic rings. The van der Waals surface area contributed by atoms with Gasteiger partial charge in [-0.1, -0.05) is 12.8 Å². The highest BCUT2D eigenvalue weighted by Gasteiger charge is 2.38. The number of aryl methyl sites for hydroxylation is 2. The molecule has 3 unspecified atom stereocenters. The van der Waals surface area contributed by atoms with E-state index in [0.29, 0.717) is 17.8 Å². The standard InChI is InChI=1S/C16H23N3O/c1-10-7-11(2)17-15(8-10)19-16(20)14-9-12-5-3-4-6-13(12)18-14/h7-8,12-14,18H,3-6,9H2,1-2H3,(H,17,19,20). The van der Waals surface area contributed by atoms with Crippen molar-refractivity contribution in [3.05, 3.63) is 23.4 Å². The Morgan fingerprint density at radius 3 is 2.85 bits per heavy atom. The van der Waals surface area contributed by atoms with Crippen LogP contribution in [0.25, 0.3) is 0 Å². The second-order valence-electron chi connectivity index (χ2n) is 6.27. The largest absolute Gasteiger partial charge is 0.309 e. The van der Waals surface area contributed by atoms with Gasteiger partial charge in [-0.05, 0) is 56.7 Å². The van der Waals surface area contributed by atoms with Crippen molar-refractivity contribution in [3.8, 4) is 0 Å². The average Bonchev–Trinajstić information content (AvgIpc) is 2.81. The van der Waals surface area contributed by atoms with Gasteiger partial charge in [0.25, 0.3) is 0 Å². The van der Waals surface area contributed by atoms with Gasteiger partial charge in [0.2, 0.25) is 5.91 Å². The average molecular weight is 273 g/mol. The minimum atomic E-state index is -0.0503. The van der Waals surface area contributed by atoms with Gasteiger partial charge in [0.15, 0.2) is 0 Å². The molecule has 0 radical (unpaired) electrons. The van der Waals surface area contributed by atoms with Crippen LogP contribution in [0.1, 0.15) is 43.4 Å². The maximum Gasteiger partial charge on any atom is 0.242 e. The van der Waals surface area contributed by atoms with E-state index in [0.717, 1.165) is 17.7 Å². The first-order valence-corrected chi connectivity index (χ1v) is 7.64. The molecule has 0 aromatic carbocycles. The summed E-state index contributed by atoms with van der Waals surface area (Å²) in [5, 5.41) is 6.46. The number of nitrogens with one attached hydrogen (secondary N) is 2. The Morgan fingerprint density at radius 2 is 2.10 bits per heavy atom. The summed E-state index contributed by atoms with van der Waals surface area (Å²) in [6, 6.07) is 4.43. The first-order valence-electron chi connectivity index (χ1n) is 7.64. The van der Waals surface area contributed by atoms with Gasteiger partial charge >= 0.3 is 0 Å². The van der Waals surface area contributed by atoms with Crippen LogP contribution >= 0.6 is 0 Å². The summed E-state index contributed by atoms with van der Waals surface area (Å²) in [4.78, 5) is 16.7. The molecule has 1 saturated carbocycles. The zero-order valence-electron chi connectivity index (χ0n) is 12.3. The lowest BCUT2D eigenvalue weighted by molar-refractivity contribution is -0.117. The van der Waals surface area contributed by atoms with Crippen LogP contribution in [-0.2, 0) is 4.79 Å². The number of fused-ring (bicyclic) bond motifs is 1. The Labute approximate surface area is 120 Å². The van der Waals surface area contributed by atoms with Gasteiger partial charge in [0.05, 0.1) is 6.04 Å². The van der Waals surface area contributed by atoms with Gasteiger partial charge < -0.3 is 10.6 Å². The molecule has 1 aliphatic heterocycles. The summed E-state index contributed by atoms with van der Waals surface area (Å²) in [6.07, 6.45) is 6.07. The number of anilines is 1. The van der Waals surface area contributed by atoms with Crippen LogP contribution in [0.3, 0.4) is 0 Å². The zero-order valence-corrected chi connectivity index (χ0v) is 12.3. The van der Waals surface area contributed by atoms with E-state index in [1.165, 1.54) is 25.7 Å². The number of nitrogens with zero attached hydrogens (tertiary/aromatic N) is 1. The monoisotopic (exact) mass is 273 g/mol. The Balaban J connectivity index is 1.64. The van der Waals surface area contributed by atoms with E-state index in [9.17, 15) is 4.79 Å². The Hall–Kier alpha value is -1.42. The number of carbonyl (C=O) groups excluding carboxylic acids is 1. The maximum atomic E-state index is 12.4. The van der Waals surface area contributed by atoms with E-state index in [-0.39, 0.29) is 11.9 Å². The molecule has 4 nitrogen and oxygen atoms in total. The molecule has 108 valence electrons. The molecule has 2 heterocycles. The van der Waals surface area contributed by atoms with Crippen molar-refractivity contribution in [1.82, 2.24) is 10.3 Å². The van der Waals surface area contributed by atoms with Crippen molar-refractivity contribution in [2.75, 3.05) is 5.32 Å². The first kappa shape index (κ1) is 13.6. The van der Waals surface area contributed by atoms with Crippen molar-refractivity contribution in [1.29, 1.82) is 0 Å². The topological polar surface area (TPSA) is 54.0 Å². The van der Waals surface area contributed by atoms with E-state index in [2.05, 4.69) is 15.6 Å². The first-order chi connectivity index (χ1) is 9.61. The predicted molar refractivity (Wildman–Crippen MR) is 79.6 cm³/mol. The lowest BCUT2D eigenvalue weighted by atomic mass is 9.85. The van der Waals surface area contributed by atoms with Crippen LogP contribution < -0.4 is 10.6 Å². The van der Waals surface area contributed by atoms with E-state index in [1.54, 1.807) is 0 Å². The number of hydrogen-bond acceptors (Lipinski definition) is 3. The molecule has 0 spiro atoms. The second kappa shape index (κ2) is 5.52. The van der Waals surface area contributed by atoms with Gasteiger partial charge in [-0.2, -0.15) is 0 Å². The zero-order chi connectivity index (χ0) is 14.1. The lowest BCUT2D eigenvalue weighted by Crippen LogP contribution is -2.40. The molecule has 3 rings (SSSR count). The van der Waals surface area contributed by atoms with Crippen LogP contribution in [0.2, 0.25) is 0 Å². The minimum absolute atomic E-state index is 0.0503. The maximum absolute atomic E-state index is 12.4. The summed E-state index contributed by atoms with van der Waals surface area (Å²) in [5.74, 6) is 1.42. The number of hydrogen-bond donors (Lipinski definition) is 2. The van der Waals surface area contributed by atoms with Gasteiger partial charge in [0, 0.05) is 11.7 Å². The molecular weight excluding hydrogens is 250 g/mol. The van der Waals surface area contributed by atoms with E-state index in [1.807, 2.05) is 26.0 Å². The number of amides is 1. The summed E-state index contributed by atoms with van der Waals surface area (Å²) in [6.45, 7) is 3.97. The van der Waals surface area contributed by atoms with Gasteiger partial charge in [-0.3, -0.25) is 4.79 Å². The Bertz CT molecular complexity index is 480. The van der Waals surface area contributed by atoms with Gasteiger partial charge in [-0.25, -0.2) is 4.98 Å². The number of rotatable bonds is 2. The Kier molecular flexibility index (Phi) is 3.74. The van der Waals surface area contributed by atoms with Crippen LogP contribution in [0.15, 0.2) is 12.1 Å². The van der Waals surface area contributed by atoms with Gasteiger partial charge in [0.1, 0.15) is 5.82 Å². The fraction of sp³-hybridized carbons (Fsp3) is 0.625. The van der Waals surface area contributed by atoms with Crippen LogP contribution in [0, 0.1) is 19.8 Å². The third-order valence-corrected chi connectivity index (χ3v) is 4.53. The second-order valence-corrected chi connectivity index (χ2v) is 6.27. The van der Waals surface area contributed by atoms with Crippen LogP contribution in [0.5, 0.6) is 0 Å². The van der Waals surface area contributed by atoms with Gasteiger partial charge in [-0.15, -0.1) is 0 Å². The molecule has 1 aliphatic carbocycles. The summed E-state index contributed by atoms with van der Waals surface area (Å²) in [7, 11) is 0. The molecule has 1 aromatic heterocycles. The number of carbonyl (C=O) groups is 1. The third-order valence-electron chi connectivity index (χ3n) is 4.53. The minimum Gasteiger partial charge on any atom is -0.309 e. The quantitative estimate of drug-likeness (QED) is 0.870. The van der Waals surface area contributed by atoms with Crippen molar-refractivity contribution in [2.24, 2.45) is 5.92 Å². The molecule has 0 bridgehead atoms. The van der Waals surface area contributed by atoms with Crippen LogP contribution in [-0.4, -0.2) is 23.0 Å². The summed E-state index contributed by atoms with van der Waals surface area (Å²) in [5.41, 5.74) is 2.06. The number of pyridine rings is 1. The molecule has 4 heteroatoms. The molecule has 2 fully saturated rings.